The van der Waals surface area contributed by atoms with E-state index in [1.165, 1.54) is 6.92 Å². The van der Waals surface area contributed by atoms with Crippen molar-refractivity contribution in [3.8, 4) is 0 Å². The molecule has 5 rings (SSSR count). The average Bonchev–Trinajstić information content (AvgIpc) is 3.22. The second-order valence-electron chi connectivity index (χ2n) is 15.5. The number of aliphatic hydroxyl groups is 3. The van der Waals surface area contributed by atoms with Crippen molar-refractivity contribution in [2.75, 3.05) is 14.2 Å². The van der Waals surface area contributed by atoms with Gasteiger partial charge in [0.05, 0.1) is 30.1 Å². The molecular formula is C36H56O10. The molecule has 0 radical (unpaired) electrons. The lowest BCUT2D eigenvalue weighted by Gasteiger charge is -2.67. The van der Waals surface area contributed by atoms with Crippen LogP contribution in [0, 0.1) is 16.7 Å². The molecular weight excluding hydrogens is 592 g/mol. The van der Waals surface area contributed by atoms with Gasteiger partial charge in [0.15, 0.2) is 12.1 Å². The van der Waals surface area contributed by atoms with Crippen LogP contribution >= 0.6 is 0 Å². The fourth-order valence-electron chi connectivity index (χ4n) is 9.94. The van der Waals surface area contributed by atoms with Gasteiger partial charge in [0.2, 0.25) is 0 Å². The van der Waals surface area contributed by atoms with Crippen LogP contribution in [0.1, 0.15) is 106 Å². The van der Waals surface area contributed by atoms with Gasteiger partial charge >= 0.3 is 5.97 Å². The molecule has 3 saturated carbocycles. The van der Waals surface area contributed by atoms with Crippen molar-refractivity contribution in [2.45, 2.75) is 160 Å². The lowest BCUT2D eigenvalue weighted by atomic mass is 9.42. The largest absolute Gasteiger partial charge is 0.461 e. The minimum atomic E-state index is -1.96. The number of fused-ring (bicyclic) bond motifs is 5. The van der Waals surface area contributed by atoms with Crippen molar-refractivity contribution >= 4 is 11.8 Å². The number of hydrogen-bond acceptors (Lipinski definition) is 10. The second kappa shape index (κ2) is 12.3. The third-order valence-corrected chi connectivity index (χ3v) is 13.2. The van der Waals surface area contributed by atoms with Gasteiger partial charge in [-0.1, -0.05) is 29.7 Å². The summed E-state index contributed by atoms with van der Waals surface area (Å²) in [6, 6.07) is 0. The van der Waals surface area contributed by atoms with E-state index >= 15 is 0 Å². The normalized spacial score (nSPS) is 46.8. The summed E-state index contributed by atoms with van der Waals surface area (Å²) in [5.74, 6) is -1.46. The Balaban J connectivity index is 1.45. The first-order valence-corrected chi connectivity index (χ1v) is 17.0. The van der Waals surface area contributed by atoms with Crippen LogP contribution in [0.4, 0.5) is 0 Å². The molecule has 0 unspecified atom stereocenters. The van der Waals surface area contributed by atoms with Gasteiger partial charge in [-0.25, -0.2) is 0 Å². The van der Waals surface area contributed by atoms with Crippen LogP contribution < -0.4 is 0 Å². The second-order valence-corrected chi connectivity index (χ2v) is 15.5. The zero-order valence-corrected chi connectivity index (χ0v) is 29.2. The summed E-state index contributed by atoms with van der Waals surface area (Å²) in [5.41, 5.74) is -4.60. The lowest BCUT2D eigenvalue weighted by Crippen LogP contribution is -2.78. The van der Waals surface area contributed by atoms with E-state index in [-0.39, 0.29) is 56.5 Å². The third kappa shape index (κ3) is 5.17. The van der Waals surface area contributed by atoms with Gasteiger partial charge in [-0.15, -0.1) is 0 Å². The number of ketones is 1. The number of esters is 1. The molecule has 1 saturated heterocycles. The first kappa shape index (κ1) is 35.6. The lowest BCUT2D eigenvalue weighted by molar-refractivity contribution is -0.315. The van der Waals surface area contributed by atoms with Crippen molar-refractivity contribution in [3.63, 3.8) is 0 Å². The summed E-state index contributed by atoms with van der Waals surface area (Å²) in [7, 11) is 3.33. The highest BCUT2D eigenvalue weighted by atomic mass is 16.7. The van der Waals surface area contributed by atoms with E-state index in [4.69, 9.17) is 23.7 Å². The SMILES string of the molecule is CO[C@H]1[C@@H](OC)C[C@H](O[C@H]2CC[C@@]3(C)C(=CC[C@]4(O)[C@@H]3C[C@@H](OC(=O)CC(C)=C(C)C)[C@@]3(C)[C@@]4(O)CC[C@@]3(O)C(C)=O)C2)O[C@@H]1C. The molecule has 1 heterocycles. The number of hydrogen-bond donors (Lipinski definition) is 3. The maximum Gasteiger partial charge on any atom is 0.310 e. The van der Waals surface area contributed by atoms with Gasteiger partial charge in [0.1, 0.15) is 29.0 Å². The number of Topliss-reactive ketones (excluding diaryl/α,β-unsaturated/α-hetero) is 1. The maximum atomic E-state index is 13.4. The van der Waals surface area contributed by atoms with Crippen molar-refractivity contribution in [2.24, 2.45) is 16.7 Å². The zero-order chi connectivity index (χ0) is 34.0. The highest BCUT2D eigenvalue weighted by molar-refractivity contribution is 5.87. The predicted octanol–water partition coefficient (Wildman–Crippen LogP) is 4.32. The Labute approximate surface area is 273 Å². The van der Waals surface area contributed by atoms with Crippen LogP contribution in [0.2, 0.25) is 0 Å². The fraction of sp³-hybridized carbons (Fsp3) is 0.833. The standard InChI is InChI=1S/C36H56O10/c1-20(2)21(3)16-29(38)46-28-19-27-32(6)12-11-25(45-30-18-26(42-8)31(43-9)22(4)44-30)17-24(32)10-13-35(27,40)36(41)15-14-34(39,23(5)37)33(28,36)7/h10,22,25-28,30-31,39-41H,11-19H2,1-9H3/t22-,25+,26+,27-,28-,30+,31-,32+,33-,34-,35+,36+/m1/s1. The zero-order valence-electron chi connectivity index (χ0n) is 29.2. The van der Waals surface area contributed by atoms with E-state index in [2.05, 4.69) is 6.92 Å². The van der Waals surface area contributed by atoms with Crippen molar-refractivity contribution < 1.29 is 48.6 Å². The third-order valence-electron chi connectivity index (χ3n) is 13.2. The van der Waals surface area contributed by atoms with E-state index in [1.54, 1.807) is 21.1 Å². The number of carbonyl (C=O) groups excluding carboxylic acids is 2. The van der Waals surface area contributed by atoms with Gasteiger partial charge in [0.25, 0.3) is 0 Å². The first-order chi connectivity index (χ1) is 21.4. The Morgan fingerprint density at radius 1 is 1.00 bits per heavy atom. The van der Waals surface area contributed by atoms with Crippen molar-refractivity contribution in [1.29, 1.82) is 0 Å². The molecule has 1 aliphatic heterocycles. The molecule has 0 spiro atoms. The number of methoxy groups -OCH3 is 2. The fourth-order valence-corrected chi connectivity index (χ4v) is 9.94. The Kier molecular flexibility index (Phi) is 9.56. The van der Waals surface area contributed by atoms with Crippen LogP contribution in [-0.4, -0.2) is 94.9 Å². The van der Waals surface area contributed by atoms with Gasteiger partial charge in [-0.05, 0) is 91.9 Å². The molecule has 46 heavy (non-hydrogen) atoms. The average molecular weight is 649 g/mol. The summed E-state index contributed by atoms with van der Waals surface area (Å²) in [6.07, 6.45) is 2.99. The van der Waals surface area contributed by atoms with Crippen LogP contribution in [0.25, 0.3) is 0 Å². The van der Waals surface area contributed by atoms with Crippen LogP contribution in [0.3, 0.4) is 0 Å². The summed E-state index contributed by atoms with van der Waals surface area (Å²) < 4.78 is 30.2. The Bertz CT molecular complexity index is 1270. The van der Waals surface area contributed by atoms with Crippen molar-refractivity contribution in [3.05, 3.63) is 22.8 Å². The summed E-state index contributed by atoms with van der Waals surface area (Å²) >= 11 is 0. The molecule has 260 valence electrons. The maximum absolute atomic E-state index is 13.4. The topological polar surface area (TPSA) is 141 Å². The molecule has 0 amide bonds. The molecule has 0 aromatic rings. The Morgan fingerprint density at radius 2 is 1.70 bits per heavy atom. The van der Waals surface area contributed by atoms with Crippen LogP contribution in [0.15, 0.2) is 22.8 Å². The molecule has 10 nitrogen and oxygen atoms in total. The summed E-state index contributed by atoms with van der Waals surface area (Å²) in [6.45, 7) is 12.7. The molecule has 3 N–H and O–H groups in total. The molecule has 4 fully saturated rings. The van der Waals surface area contributed by atoms with Crippen LogP contribution in [0.5, 0.6) is 0 Å². The summed E-state index contributed by atoms with van der Waals surface area (Å²) in [4.78, 5) is 26.4. The smallest absolute Gasteiger partial charge is 0.310 e. The molecule has 4 aliphatic carbocycles. The number of ether oxygens (including phenoxy) is 5. The van der Waals surface area contributed by atoms with E-state index < -0.39 is 57.7 Å². The monoisotopic (exact) mass is 648 g/mol. The van der Waals surface area contributed by atoms with Gasteiger partial charge < -0.3 is 39.0 Å². The van der Waals surface area contributed by atoms with Crippen LogP contribution in [-0.2, 0) is 33.3 Å². The first-order valence-electron chi connectivity index (χ1n) is 17.0. The quantitative estimate of drug-likeness (QED) is 0.258. The predicted molar refractivity (Wildman–Crippen MR) is 170 cm³/mol. The van der Waals surface area contributed by atoms with Gasteiger partial charge in [-0.3, -0.25) is 9.59 Å². The highest BCUT2D eigenvalue weighted by Gasteiger charge is 2.81. The van der Waals surface area contributed by atoms with E-state index in [0.717, 1.165) is 16.7 Å². The minimum absolute atomic E-state index is 0.0129. The van der Waals surface area contributed by atoms with E-state index in [0.29, 0.717) is 25.7 Å². The molecule has 0 aromatic heterocycles. The molecule has 10 heteroatoms. The Morgan fingerprint density at radius 3 is 2.30 bits per heavy atom. The number of carbonyl (C=O) groups is 2. The minimum Gasteiger partial charge on any atom is -0.461 e. The molecule has 12 atom stereocenters. The van der Waals surface area contributed by atoms with Gasteiger partial charge in [-0.2, -0.15) is 0 Å². The molecule has 5 aliphatic rings. The highest BCUT2D eigenvalue weighted by Crippen LogP contribution is 2.71. The van der Waals surface area contributed by atoms with E-state index in [1.807, 2.05) is 33.8 Å². The van der Waals surface area contributed by atoms with E-state index in [9.17, 15) is 24.9 Å². The van der Waals surface area contributed by atoms with Crippen molar-refractivity contribution in [1.82, 2.24) is 0 Å². The summed E-state index contributed by atoms with van der Waals surface area (Å²) in [5, 5.41) is 37.3. The Hall–Kier alpha value is -1.66. The number of rotatable bonds is 8. The molecule has 0 aromatic carbocycles. The van der Waals surface area contributed by atoms with Gasteiger partial charge in [0, 0.05) is 26.6 Å². The molecule has 0 bridgehead atoms. The number of allylic oxidation sites excluding steroid dienone is 1.